The molecule has 33 heavy (non-hydrogen) atoms. The van der Waals surface area contributed by atoms with Gasteiger partial charge in [0.2, 0.25) is 0 Å². The largest absolute Gasteiger partial charge is 0.489 e. The Morgan fingerprint density at radius 2 is 1.79 bits per heavy atom. The fourth-order valence-electron chi connectivity index (χ4n) is 4.73. The molecule has 3 heterocycles. The van der Waals surface area contributed by atoms with Crippen LogP contribution in [0.5, 0.6) is 11.5 Å². The van der Waals surface area contributed by atoms with Crippen LogP contribution in [0.3, 0.4) is 0 Å². The maximum Gasteiger partial charge on any atom is 0.165 e. The van der Waals surface area contributed by atoms with E-state index < -0.39 is 0 Å². The van der Waals surface area contributed by atoms with Crippen LogP contribution >= 0.6 is 0 Å². The summed E-state index contributed by atoms with van der Waals surface area (Å²) >= 11 is 0. The summed E-state index contributed by atoms with van der Waals surface area (Å²) in [6.45, 7) is 3.76. The van der Waals surface area contributed by atoms with Crippen molar-refractivity contribution >= 4 is 0 Å². The van der Waals surface area contributed by atoms with Crippen LogP contribution in [-0.4, -0.2) is 41.3 Å². The summed E-state index contributed by atoms with van der Waals surface area (Å²) in [5, 5.41) is 0. The first-order chi connectivity index (χ1) is 16.2. The lowest BCUT2D eigenvalue weighted by Gasteiger charge is -2.38. The molecule has 172 valence electrons. The van der Waals surface area contributed by atoms with Crippen LogP contribution in [0, 0.1) is 5.82 Å². The van der Waals surface area contributed by atoms with Crippen LogP contribution in [0.15, 0.2) is 73.1 Å². The van der Waals surface area contributed by atoms with Gasteiger partial charge in [0.05, 0.1) is 12.2 Å². The summed E-state index contributed by atoms with van der Waals surface area (Å²) in [5.41, 5.74) is 2.08. The van der Waals surface area contributed by atoms with E-state index >= 15 is 0 Å². The van der Waals surface area contributed by atoms with Crippen LogP contribution < -0.4 is 9.47 Å². The number of pyridine rings is 1. The fourth-order valence-corrected chi connectivity index (χ4v) is 4.73. The van der Waals surface area contributed by atoms with Crippen LogP contribution in [0.2, 0.25) is 0 Å². The number of hydrogen-bond acceptors (Lipinski definition) is 5. The zero-order valence-electron chi connectivity index (χ0n) is 18.7. The number of para-hydroxylation sites is 2. The summed E-state index contributed by atoms with van der Waals surface area (Å²) < 4.78 is 32.1. The highest BCUT2D eigenvalue weighted by Crippen LogP contribution is 2.38. The van der Waals surface area contributed by atoms with Crippen molar-refractivity contribution in [2.45, 2.75) is 44.1 Å². The van der Waals surface area contributed by atoms with Gasteiger partial charge in [0.1, 0.15) is 18.5 Å². The molecule has 0 aliphatic carbocycles. The van der Waals surface area contributed by atoms with E-state index in [1.54, 1.807) is 24.4 Å². The topological polar surface area (TPSA) is 43.8 Å². The molecule has 2 aromatic carbocycles. The fraction of sp³-hybridized carbons (Fsp3) is 0.370. The Labute approximate surface area is 194 Å². The maximum absolute atomic E-state index is 13.9. The summed E-state index contributed by atoms with van der Waals surface area (Å²) in [6, 6.07) is 18.7. The van der Waals surface area contributed by atoms with E-state index in [2.05, 4.69) is 22.0 Å². The van der Waals surface area contributed by atoms with Crippen molar-refractivity contribution in [1.29, 1.82) is 0 Å². The number of aromatic nitrogens is 1. The maximum atomic E-state index is 13.9. The first-order valence-corrected chi connectivity index (χ1v) is 11.6. The Bertz CT molecular complexity index is 1050. The van der Waals surface area contributed by atoms with Gasteiger partial charge in [-0.15, -0.1) is 0 Å². The second-order valence-corrected chi connectivity index (χ2v) is 8.90. The second kappa shape index (κ2) is 9.89. The van der Waals surface area contributed by atoms with Crippen LogP contribution in [0.25, 0.3) is 0 Å². The molecule has 0 bridgehead atoms. The standard InChI is InChI=1S/C27H29FN2O3/c28-24-8-2-4-10-26(24)33-23-16-27(32-20-23)11-14-30(15-12-27)18-22-7-1-3-9-25(22)31-19-21-6-5-13-29-17-21/h1-10,13,17,23H,11-12,14-16,18-20H2. The molecule has 5 rings (SSSR count). The van der Waals surface area contributed by atoms with Crippen molar-refractivity contribution < 1.29 is 18.6 Å². The molecule has 0 saturated carbocycles. The third-order valence-electron chi connectivity index (χ3n) is 6.56. The van der Waals surface area contributed by atoms with Gasteiger partial charge in [-0.1, -0.05) is 36.4 Å². The van der Waals surface area contributed by atoms with Gasteiger partial charge >= 0.3 is 0 Å². The Morgan fingerprint density at radius 1 is 1.00 bits per heavy atom. The normalized spacial score (nSPS) is 20.1. The van der Waals surface area contributed by atoms with Crippen molar-refractivity contribution in [2.24, 2.45) is 0 Å². The molecule has 1 spiro atoms. The molecule has 0 N–H and O–H groups in total. The summed E-state index contributed by atoms with van der Waals surface area (Å²) in [7, 11) is 0. The minimum absolute atomic E-state index is 0.102. The molecule has 0 amide bonds. The number of halogens is 1. The number of hydrogen-bond donors (Lipinski definition) is 0. The zero-order valence-corrected chi connectivity index (χ0v) is 18.7. The Morgan fingerprint density at radius 3 is 2.58 bits per heavy atom. The molecule has 5 nitrogen and oxygen atoms in total. The van der Waals surface area contributed by atoms with Crippen LogP contribution in [-0.2, 0) is 17.9 Å². The van der Waals surface area contributed by atoms with E-state index in [0.717, 1.165) is 50.2 Å². The molecular weight excluding hydrogens is 419 g/mol. The Hall–Kier alpha value is -2.96. The monoisotopic (exact) mass is 448 g/mol. The lowest BCUT2D eigenvalue weighted by Crippen LogP contribution is -2.44. The van der Waals surface area contributed by atoms with Crippen LogP contribution in [0.4, 0.5) is 4.39 Å². The molecule has 0 radical (unpaired) electrons. The van der Waals surface area contributed by atoms with Gasteiger partial charge in [0.15, 0.2) is 11.6 Å². The molecule has 3 aromatic rings. The highest BCUT2D eigenvalue weighted by molar-refractivity contribution is 5.33. The van der Waals surface area contributed by atoms with Gasteiger partial charge in [-0.25, -0.2) is 4.39 Å². The van der Waals surface area contributed by atoms with Gasteiger partial charge in [0, 0.05) is 49.6 Å². The molecule has 2 fully saturated rings. The van der Waals surface area contributed by atoms with E-state index in [-0.39, 0.29) is 17.5 Å². The lowest BCUT2D eigenvalue weighted by atomic mass is 9.88. The smallest absolute Gasteiger partial charge is 0.165 e. The van der Waals surface area contributed by atoms with Crippen molar-refractivity contribution in [2.75, 3.05) is 19.7 Å². The molecule has 6 heteroatoms. The lowest BCUT2D eigenvalue weighted by molar-refractivity contribution is -0.0455. The quantitative estimate of drug-likeness (QED) is 0.509. The molecule has 1 unspecified atom stereocenters. The SMILES string of the molecule is Fc1ccccc1OC1COC2(CCN(Cc3ccccc3OCc3cccnc3)CC2)C1. The van der Waals surface area contributed by atoms with Gasteiger partial charge < -0.3 is 14.2 Å². The average Bonchev–Trinajstić information content (AvgIpc) is 3.24. The number of nitrogens with zero attached hydrogens (tertiary/aromatic N) is 2. The summed E-state index contributed by atoms with van der Waals surface area (Å²) in [6.07, 6.45) is 6.20. The van der Waals surface area contributed by atoms with Crippen LogP contribution in [0.1, 0.15) is 30.4 Å². The zero-order chi connectivity index (χ0) is 22.5. The van der Waals surface area contributed by atoms with E-state index in [9.17, 15) is 4.39 Å². The third kappa shape index (κ3) is 5.34. The number of ether oxygens (including phenoxy) is 3. The van der Waals surface area contributed by atoms with Crippen molar-refractivity contribution in [3.05, 3.63) is 90.0 Å². The second-order valence-electron chi connectivity index (χ2n) is 8.90. The van der Waals surface area contributed by atoms with Gasteiger partial charge in [-0.2, -0.15) is 0 Å². The average molecular weight is 449 g/mol. The highest BCUT2D eigenvalue weighted by Gasteiger charge is 2.43. The molecular formula is C27H29FN2O3. The van der Waals surface area contributed by atoms with Crippen molar-refractivity contribution in [3.8, 4) is 11.5 Å². The van der Waals surface area contributed by atoms with Crippen molar-refractivity contribution in [1.82, 2.24) is 9.88 Å². The van der Waals surface area contributed by atoms with Crippen molar-refractivity contribution in [3.63, 3.8) is 0 Å². The third-order valence-corrected chi connectivity index (χ3v) is 6.56. The Balaban J connectivity index is 1.14. The Kier molecular flexibility index (Phi) is 6.55. The predicted molar refractivity (Wildman–Crippen MR) is 124 cm³/mol. The van der Waals surface area contributed by atoms with E-state index in [1.165, 1.54) is 11.6 Å². The van der Waals surface area contributed by atoms with Gasteiger partial charge in [-0.3, -0.25) is 9.88 Å². The first kappa shape index (κ1) is 21.9. The highest BCUT2D eigenvalue weighted by atomic mass is 19.1. The number of likely N-dealkylation sites (tertiary alicyclic amines) is 1. The summed E-state index contributed by atoms with van der Waals surface area (Å²) in [4.78, 5) is 6.60. The molecule has 1 aromatic heterocycles. The van der Waals surface area contributed by atoms with E-state index in [4.69, 9.17) is 14.2 Å². The minimum Gasteiger partial charge on any atom is -0.489 e. The molecule has 1 atom stereocenters. The van der Waals surface area contributed by atoms with Gasteiger partial charge in [-0.05, 0) is 37.1 Å². The predicted octanol–water partition coefficient (Wildman–Crippen LogP) is 5.00. The van der Waals surface area contributed by atoms with Gasteiger partial charge in [0.25, 0.3) is 0 Å². The molecule has 2 saturated heterocycles. The molecule has 2 aliphatic rings. The number of rotatable bonds is 7. The van der Waals surface area contributed by atoms with E-state index in [1.807, 2.05) is 30.5 Å². The first-order valence-electron chi connectivity index (χ1n) is 11.6. The van der Waals surface area contributed by atoms with E-state index in [0.29, 0.717) is 19.0 Å². The number of piperidine rings is 1. The molecule has 2 aliphatic heterocycles. The number of benzene rings is 2. The minimum atomic E-state index is -0.322. The summed E-state index contributed by atoms with van der Waals surface area (Å²) in [5.74, 6) is 0.901.